The molecule has 0 bridgehead atoms. The van der Waals surface area contributed by atoms with E-state index < -0.39 is 0 Å². The van der Waals surface area contributed by atoms with Gasteiger partial charge in [-0.2, -0.15) is 4.98 Å². The van der Waals surface area contributed by atoms with Crippen LogP contribution in [0.2, 0.25) is 0 Å². The molecule has 1 saturated heterocycles. The van der Waals surface area contributed by atoms with Crippen LogP contribution in [-0.4, -0.2) is 54.4 Å². The molecule has 0 unspecified atom stereocenters. The van der Waals surface area contributed by atoms with Crippen molar-refractivity contribution in [1.29, 1.82) is 0 Å². The number of nitrogens with zero attached hydrogens (tertiary/aromatic N) is 8. The van der Waals surface area contributed by atoms with Crippen molar-refractivity contribution in [1.82, 2.24) is 34.3 Å². The van der Waals surface area contributed by atoms with Crippen LogP contribution in [0.25, 0.3) is 0 Å². The first-order valence-electron chi connectivity index (χ1n) is 9.42. The van der Waals surface area contributed by atoms with Gasteiger partial charge < -0.3 is 19.4 Å². The molecule has 0 spiro atoms. The fourth-order valence-electron chi connectivity index (χ4n) is 3.63. The number of aromatic nitrogens is 7. The maximum atomic E-state index is 4.55. The summed E-state index contributed by atoms with van der Waals surface area (Å²) in [5.74, 6) is 4.13. The van der Waals surface area contributed by atoms with Gasteiger partial charge in [-0.05, 0) is 25.8 Å². The molecule has 9 nitrogen and oxygen atoms in total. The van der Waals surface area contributed by atoms with Gasteiger partial charge in [0, 0.05) is 51.2 Å². The lowest BCUT2D eigenvalue weighted by Crippen LogP contribution is -2.35. The zero-order chi connectivity index (χ0) is 18.6. The molecule has 0 amide bonds. The summed E-state index contributed by atoms with van der Waals surface area (Å²) >= 11 is 0. The highest BCUT2D eigenvalue weighted by Crippen LogP contribution is 2.29. The zero-order valence-electron chi connectivity index (χ0n) is 15.8. The molecule has 3 aromatic heterocycles. The fourth-order valence-corrected chi connectivity index (χ4v) is 3.63. The Bertz CT molecular complexity index is 863. The van der Waals surface area contributed by atoms with E-state index in [1.165, 1.54) is 0 Å². The Morgan fingerprint density at radius 1 is 1.19 bits per heavy atom. The largest absolute Gasteiger partial charge is 0.373 e. The second-order valence-corrected chi connectivity index (χ2v) is 6.71. The van der Waals surface area contributed by atoms with Crippen molar-refractivity contribution in [2.24, 2.45) is 0 Å². The number of rotatable bonds is 6. The van der Waals surface area contributed by atoms with Crippen LogP contribution in [0.5, 0.6) is 0 Å². The Labute approximate surface area is 158 Å². The van der Waals surface area contributed by atoms with Crippen molar-refractivity contribution in [3.63, 3.8) is 0 Å². The lowest BCUT2D eigenvalue weighted by molar-refractivity contribution is 0.460. The van der Waals surface area contributed by atoms with Crippen LogP contribution in [0.1, 0.15) is 37.3 Å². The molecular formula is C18H25N9. The average Bonchev–Trinajstić information content (AvgIpc) is 3.38. The molecule has 9 heteroatoms. The smallest absolute Gasteiger partial charge is 0.227 e. The highest BCUT2D eigenvalue weighted by atomic mass is 15.3. The Morgan fingerprint density at radius 2 is 2.04 bits per heavy atom. The van der Waals surface area contributed by atoms with Crippen molar-refractivity contribution in [2.75, 3.05) is 30.4 Å². The van der Waals surface area contributed by atoms with E-state index in [1.807, 2.05) is 30.2 Å². The predicted octanol–water partition coefficient (Wildman–Crippen LogP) is 1.76. The van der Waals surface area contributed by atoms with Crippen LogP contribution >= 0.6 is 0 Å². The van der Waals surface area contributed by atoms with Crippen LogP contribution in [0.15, 0.2) is 31.0 Å². The van der Waals surface area contributed by atoms with E-state index in [2.05, 4.69) is 46.9 Å². The third-order valence-corrected chi connectivity index (χ3v) is 5.10. The molecule has 4 heterocycles. The fraction of sp³-hybridized carbons (Fsp3) is 0.500. The van der Waals surface area contributed by atoms with Crippen LogP contribution in [0.3, 0.4) is 0 Å². The van der Waals surface area contributed by atoms with Gasteiger partial charge in [-0.3, -0.25) is 0 Å². The van der Waals surface area contributed by atoms with Gasteiger partial charge in [-0.15, -0.1) is 10.2 Å². The molecule has 0 aromatic carbocycles. The van der Waals surface area contributed by atoms with Crippen molar-refractivity contribution < 1.29 is 0 Å². The topological polar surface area (TPSA) is 89.6 Å². The normalized spacial score (nSPS) is 15.3. The number of hydrogen-bond donors (Lipinski definition) is 1. The summed E-state index contributed by atoms with van der Waals surface area (Å²) in [6.45, 7) is 5.57. The molecule has 142 valence electrons. The minimum Gasteiger partial charge on any atom is -0.373 e. The first-order valence-corrected chi connectivity index (χ1v) is 9.42. The molecule has 0 radical (unpaired) electrons. The Balaban J connectivity index is 1.45. The lowest BCUT2D eigenvalue weighted by Gasteiger charge is -2.31. The summed E-state index contributed by atoms with van der Waals surface area (Å²) < 4.78 is 4.27. The SMILES string of the molecule is CCn1c(Cn2ccnc2)nnc1C1CCN(c2nccc(NC)n2)CC1. The van der Waals surface area contributed by atoms with Gasteiger partial charge >= 0.3 is 0 Å². The summed E-state index contributed by atoms with van der Waals surface area (Å²) in [7, 11) is 1.87. The average molecular weight is 367 g/mol. The summed E-state index contributed by atoms with van der Waals surface area (Å²) in [4.78, 5) is 15.3. The summed E-state index contributed by atoms with van der Waals surface area (Å²) in [5.41, 5.74) is 0. The minimum atomic E-state index is 0.415. The molecule has 0 saturated carbocycles. The second kappa shape index (κ2) is 7.73. The lowest BCUT2D eigenvalue weighted by atomic mass is 9.96. The molecule has 1 aliphatic heterocycles. The first-order chi connectivity index (χ1) is 13.3. The van der Waals surface area contributed by atoms with Gasteiger partial charge in [0.15, 0.2) is 5.82 Å². The van der Waals surface area contributed by atoms with E-state index in [-0.39, 0.29) is 0 Å². The van der Waals surface area contributed by atoms with E-state index in [9.17, 15) is 0 Å². The van der Waals surface area contributed by atoms with Crippen LogP contribution in [-0.2, 0) is 13.1 Å². The van der Waals surface area contributed by atoms with E-state index in [0.717, 1.165) is 55.9 Å². The predicted molar refractivity (Wildman–Crippen MR) is 103 cm³/mol. The maximum Gasteiger partial charge on any atom is 0.227 e. The molecule has 0 atom stereocenters. The molecule has 4 rings (SSSR count). The number of hydrogen-bond acceptors (Lipinski definition) is 7. The second-order valence-electron chi connectivity index (χ2n) is 6.71. The van der Waals surface area contributed by atoms with Crippen molar-refractivity contribution >= 4 is 11.8 Å². The van der Waals surface area contributed by atoms with E-state index in [4.69, 9.17) is 0 Å². The molecule has 1 fully saturated rings. The Morgan fingerprint density at radius 3 is 2.74 bits per heavy atom. The van der Waals surface area contributed by atoms with Gasteiger partial charge in [0.2, 0.25) is 5.95 Å². The van der Waals surface area contributed by atoms with Gasteiger partial charge in [0.25, 0.3) is 0 Å². The van der Waals surface area contributed by atoms with Crippen molar-refractivity contribution in [2.45, 2.75) is 38.8 Å². The maximum absolute atomic E-state index is 4.55. The molecule has 3 aromatic rings. The van der Waals surface area contributed by atoms with Crippen LogP contribution < -0.4 is 10.2 Å². The van der Waals surface area contributed by atoms with Crippen molar-refractivity contribution in [3.8, 4) is 0 Å². The highest BCUT2D eigenvalue weighted by Gasteiger charge is 2.27. The van der Waals surface area contributed by atoms with Gasteiger partial charge in [-0.1, -0.05) is 0 Å². The Hall–Kier alpha value is -2.97. The van der Waals surface area contributed by atoms with Crippen molar-refractivity contribution in [3.05, 3.63) is 42.6 Å². The molecule has 27 heavy (non-hydrogen) atoms. The molecule has 0 aliphatic carbocycles. The monoisotopic (exact) mass is 367 g/mol. The number of piperidine rings is 1. The van der Waals surface area contributed by atoms with E-state index in [0.29, 0.717) is 12.5 Å². The zero-order valence-corrected chi connectivity index (χ0v) is 15.8. The Kier molecular flexibility index (Phi) is 4.99. The molecular weight excluding hydrogens is 342 g/mol. The molecule has 1 aliphatic rings. The standard InChI is InChI=1S/C18H25N9/c1-3-27-16(12-25-11-8-20-13-25)23-24-17(27)14-5-9-26(10-6-14)18-21-7-4-15(19-2)22-18/h4,7-8,11,13-14H,3,5-6,9-10,12H2,1-2H3,(H,19,21,22). The van der Waals surface area contributed by atoms with Gasteiger partial charge in [0.1, 0.15) is 11.6 Å². The van der Waals surface area contributed by atoms with E-state index in [1.54, 1.807) is 12.4 Å². The van der Waals surface area contributed by atoms with Crippen LogP contribution in [0, 0.1) is 0 Å². The quantitative estimate of drug-likeness (QED) is 0.710. The summed E-state index contributed by atoms with van der Waals surface area (Å²) in [6.07, 6.45) is 9.40. The number of anilines is 2. The number of imidazole rings is 1. The van der Waals surface area contributed by atoms with E-state index >= 15 is 0 Å². The van der Waals surface area contributed by atoms with Crippen LogP contribution in [0.4, 0.5) is 11.8 Å². The highest BCUT2D eigenvalue weighted by molar-refractivity contribution is 5.41. The third kappa shape index (κ3) is 3.62. The van der Waals surface area contributed by atoms with Gasteiger partial charge in [-0.25, -0.2) is 9.97 Å². The number of nitrogens with one attached hydrogen (secondary N) is 1. The minimum absolute atomic E-state index is 0.415. The summed E-state index contributed by atoms with van der Waals surface area (Å²) in [5, 5.41) is 12.1. The third-order valence-electron chi connectivity index (χ3n) is 5.10. The summed E-state index contributed by atoms with van der Waals surface area (Å²) in [6, 6.07) is 1.88. The first kappa shape index (κ1) is 17.4. The molecule has 1 N–H and O–H groups in total. The van der Waals surface area contributed by atoms with Gasteiger partial charge in [0.05, 0.1) is 12.9 Å².